The predicted molar refractivity (Wildman–Crippen MR) is 80.1 cm³/mol. The highest BCUT2D eigenvalue weighted by molar-refractivity contribution is 5.94. The molecule has 0 fully saturated rings. The van der Waals surface area contributed by atoms with E-state index in [1.54, 1.807) is 30.5 Å². The fourth-order valence-electron chi connectivity index (χ4n) is 2.14. The van der Waals surface area contributed by atoms with Crippen molar-refractivity contribution < 1.29 is 14.7 Å². The van der Waals surface area contributed by atoms with Crippen molar-refractivity contribution in [1.29, 1.82) is 0 Å². The van der Waals surface area contributed by atoms with Crippen LogP contribution in [0.4, 0.5) is 0 Å². The second-order valence-corrected chi connectivity index (χ2v) is 4.66. The first kappa shape index (κ1) is 14.4. The van der Waals surface area contributed by atoms with E-state index in [2.05, 4.69) is 15.3 Å². The summed E-state index contributed by atoms with van der Waals surface area (Å²) >= 11 is 0. The van der Waals surface area contributed by atoms with Crippen molar-refractivity contribution >= 4 is 11.9 Å². The van der Waals surface area contributed by atoms with Gasteiger partial charge in [0.15, 0.2) is 5.69 Å². The summed E-state index contributed by atoms with van der Waals surface area (Å²) in [4.78, 5) is 26.5. The molecule has 0 bridgehead atoms. The smallest absolute Gasteiger partial charge is 0.358 e. The lowest BCUT2D eigenvalue weighted by atomic mass is 10.1. The Balaban J connectivity index is 2.16. The summed E-state index contributed by atoms with van der Waals surface area (Å²) in [5.41, 5.74) is 6.78. The molecule has 2 heterocycles. The zero-order valence-electron chi connectivity index (χ0n) is 11.7. The van der Waals surface area contributed by atoms with Crippen LogP contribution in [0.15, 0.2) is 48.8 Å². The Bertz CT molecular complexity index is 872. The van der Waals surface area contributed by atoms with E-state index in [4.69, 9.17) is 5.73 Å². The van der Waals surface area contributed by atoms with Crippen molar-refractivity contribution in [3.8, 4) is 16.9 Å². The van der Waals surface area contributed by atoms with Gasteiger partial charge < -0.3 is 10.8 Å². The van der Waals surface area contributed by atoms with Crippen molar-refractivity contribution in [1.82, 2.24) is 20.0 Å². The highest BCUT2D eigenvalue weighted by atomic mass is 16.4. The van der Waals surface area contributed by atoms with E-state index in [1.807, 2.05) is 0 Å². The Morgan fingerprint density at radius 3 is 2.43 bits per heavy atom. The van der Waals surface area contributed by atoms with E-state index in [9.17, 15) is 14.7 Å². The SMILES string of the molecule is NC(=O)c1ccc(-n2nnc(C(=O)O)c2-c2cccnc2)cc1. The van der Waals surface area contributed by atoms with Gasteiger partial charge in [0.1, 0.15) is 5.69 Å². The molecule has 0 radical (unpaired) electrons. The summed E-state index contributed by atoms with van der Waals surface area (Å²) in [6, 6.07) is 9.70. The quantitative estimate of drug-likeness (QED) is 0.744. The van der Waals surface area contributed by atoms with Gasteiger partial charge in [0.2, 0.25) is 5.91 Å². The number of aromatic nitrogens is 4. The standard InChI is InChI=1S/C15H11N5O3/c16-14(21)9-3-5-11(6-4-9)20-13(10-2-1-7-17-8-10)12(15(22)23)18-19-20/h1-8H,(H2,16,21)(H,22,23). The molecule has 0 saturated carbocycles. The van der Waals surface area contributed by atoms with Crippen LogP contribution in [-0.4, -0.2) is 37.0 Å². The Morgan fingerprint density at radius 1 is 1.13 bits per heavy atom. The summed E-state index contributed by atoms with van der Waals surface area (Å²) < 4.78 is 1.38. The monoisotopic (exact) mass is 309 g/mol. The Kier molecular flexibility index (Phi) is 3.55. The van der Waals surface area contributed by atoms with Crippen LogP contribution in [0.25, 0.3) is 16.9 Å². The molecular formula is C15H11N5O3. The molecule has 0 aliphatic heterocycles. The number of primary amides is 1. The van der Waals surface area contributed by atoms with Gasteiger partial charge in [-0.3, -0.25) is 9.78 Å². The molecule has 3 rings (SSSR count). The van der Waals surface area contributed by atoms with Crippen molar-refractivity contribution in [2.75, 3.05) is 0 Å². The average Bonchev–Trinajstić information content (AvgIpc) is 3.01. The summed E-state index contributed by atoms with van der Waals surface area (Å²) in [6.45, 7) is 0. The van der Waals surface area contributed by atoms with Crippen LogP contribution in [0.3, 0.4) is 0 Å². The van der Waals surface area contributed by atoms with Crippen molar-refractivity contribution in [3.63, 3.8) is 0 Å². The van der Waals surface area contributed by atoms with Crippen LogP contribution in [0.1, 0.15) is 20.8 Å². The maximum Gasteiger partial charge on any atom is 0.358 e. The molecule has 2 aromatic heterocycles. The first-order valence-electron chi connectivity index (χ1n) is 6.57. The molecular weight excluding hydrogens is 298 g/mol. The number of hydrogen-bond donors (Lipinski definition) is 2. The average molecular weight is 309 g/mol. The molecule has 3 N–H and O–H groups in total. The van der Waals surface area contributed by atoms with E-state index < -0.39 is 11.9 Å². The van der Waals surface area contributed by atoms with Gasteiger partial charge in [-0.25, -0.2) is 9.48 Å². The molecule has 0 atom stereocenters. The van der Waals surface area contributed by atoms with E-state index in [0.29, 0.717) is 22.5 Å². The Hall–Kier alpha value is -3.55. The normalized spacial score (nSPS) is 10.4. The minimum atomic E-state index is -1.19. The first-order chi connectivity index (χ1) is 11.1. The molecule has 23 heavy (non-hydrogen) atoms. The number of hydrogen-bond acceptors (Lipinski definition) is 5. The van der Waals surface area contributed by atoms with Gasteiger partial charge in [0, 0.05) is 23.5 Å². The van der Waals surface area contributed by atoms with E-state index in [-0.39, 0.29) is 5.69 Å². The summed E-state index contributed by atoms with van der Waals surface area (Å²) in [5, 5.41) is 16.9. The largest absolute Gasteiger partial charge is 0.476 e. The summed E-state index contributed by atoms with van der Waals surface area (Å²) in [6.07, 6.45) is 3.11. The molecule has 114 valence electrons. The van der Waals surface area contributed by atoms with Crippen LogP contribution in [0.2, 0.25) is 0 Å². The number of carbonyl (C=O) groups is 2. The minimum absolute atomic E-state index is 0.183. The molecule has 0 aliphatic carbocycles. The molecule has 0 saturated heterocycles. The summed E-state index contributed by atoms with van der Waals surface area (Å²) in [5.74, 6) is -1.74. The first-order valence-corrected chi connectivity index (χ1v) is 6.57. The topological polar surface area (TPSA) is 124 Å². The van der Waals surface area contributed by atoms with Crippen LogP contribution < -0.4 is 5.73 Å². The van der Waals surface area contributed by atoms with Gasteiger partial charge in [-0.15, -0.1) is 5.10 Å². The zero-order valence-corrected chi connectivity index (χ0v) is 11.7. The number of rotatable bonds is 4. The van der Waals surface area contributed by atoms with E-state index >= 15 is 0 Å². The Labute approximate surface area is 130 Å². The third-order valence-electron chi connectivity index (χ3n) is 3.20. The molecule has 0 unspecified atom stereocenters. The maximum absolute atomic E-state index is 11.4. The highest BCUT2D eigenvalue weighted by Gasteiger charge is 2.21. The van der Waals surface area contributed by atoms with Gasteiger partial charge in [0.05, 0.1) is 5.69 Å². The van der Waals surface area contributed by atoms with Crippen LogP contribution in [0.5, 0.6) is 0 Å². The van der Waals surface area contributed by atoms with E-state index in [1.165, 1.54) is 23.0 Å². The summed E-state index contributed by atoms with van der Waals surface area (Å²) in [7, 11) is 0. The van der Waals surface area contributed by atoms with Gasteiger partial charge >= 0.3 is 5.97 Å². The number of carboxylic acids is 1. The lowest BCUT2D eigenvalue weighted by Crippen LogP contribution is -2.11. The molecule has 0 spiro atoms. The third kappa shape index (κ3) is 2.64. The lowest BCUT2D eigenvalue weighted by molar-refractivity contribution is 0.0691. The van der Waals surface area contributed by atoms with Gasteiger partial charge in [-0.2, -0.15) is 0 Å². The highest BCUT2D eigenvalue weighted by Crippen LogP contribution is 2.24. The van der Waals surface area contributed by atoms with Crippen LogP contribution in [0, 0.1) is 0 Å². The fraction of sp³-hybridized carbons (Fsp3) is 0. The van der Waals surface area contributed by atoms with Crippen molar-refractivity contribution in [2.45, 2.75) is 0 Å². The number of nitrogens with zero attached hydrogens (tertiary/aromatic N) is 4. The number of amides is 1. The Morgan fingerprint density at radius 2 is 1.87 bits per heavy atom. The number of benzene rings is 1. The second kappa shape index (κ2) is 5.68. The number of nitrogens with two attached hydrogens (primary N) is 1. The van der Waals surface area contributed by atoms with E-state index in [0.717, 1.165) is 0 Å². The van der Waals surface area contributed by atoms with Crippen molar-refractivity contribution in [2.24, 2.45) is 5.73 Å². The number of aromatic carboxylic acids is 1. The third-order valence-corrected chi connectivity index (χ3v) is 3.20. The number of carboxylic acid groups (broad SMARTS) is 1. The molecule has 8 heteroatoms. The number of carbonyl (C=O) groups excluding carboxylic acids is 1. The number of pyridine rings is 1. The second-order valence-electron chi connectivity index (χ2n) is 4.66. The van der Waals surface area contributed by atoms with Gasteiger partial charge in [0.25, 0.3) is 0 Å². The zero-order chi connectivity index (χ0) is 16.4. The van der Waals surface area contributed by atoms with Crippen molar-refractivity contribution in [3.05, 3.63) is 60.0 Å². The van der Waals surface area contributed by atoms with Gasteiger partial charge in [-0.1, -0.05) is 5.21 Å². The van der Waals surface area contributed by atoms with Crippen LogP contribution >= 0.6 is 0 Å². The minimum Gasteiger partial charge on any atom is -0.476 e. The maximum atomic E-state index is 11.4. The molecule has 1 amide bonds. The van der Waals surface area contributed by atoms with Crippen LogP contribution in [-0.2, 0) is 0 Å². The predicted octanol–water partition coefficient (Wildman–Crippen LogP) is 1.13. The molecule has 0 aliphatic rings. The molecule has 1 aromatic carbocycles. The lowest BCUT2D eigenvalue weighted by Gasteiger charge is -2.07. The van der Waals surface area contributed by atoms with Gasteiger partial charge in [-0.05, 0) is 36.4 Å². The fourth-order valence-corrected chi connectivity index (χ4v) is 2.14. The molecule has 8 nitrogen and oxygen atoms in total. The molecule has 3 aromatic rings.